The Morgan fingerprint density at radius 1 is 1.26 bits per heavy atom. The van der Waals surface area contributed by atoms with Gasteiger partial charge in [-0.15, -0.1) is 0 Å². The molecule has 4 rings (SSSR count). The average molecular weight is 472 g/mol. The molecule has 0 unspecified atom stereocenters. The maximum absolute atomic E-state index is 13.5. The number of hydrogen-bond donors (Lipinski definition) is 2. The zero-order valence-electron chi connectivity index (χ0n) is 19.9. The number of halogens is 1. The quantitative estimate of drug-likeness (QED) is 0.578. The van der Waals surface area contributed by atoms with Crippen molar-refractivity contribution >= 4 is 11.8 Å². The first-order valence-corrected chi connectivity index (χ1v) is 12.1. The summed E-state index contributed by atoms with van der Waals surface area (Å²) in [6, 6.07) is 5.15. The lowest BCUT2D eigenvalue weighted by Crippen LogP contribution is -2.56. The van der Waals surface area contributed by atoms with E-state index in [0.717, 1.165) is 18.5 Å². The Kier molecular flexibility index (Phi) is 7.95. The first-order chi connectivity index (χ1) is 16.5. The number of carbonyl (C=O) groups is 2. The molecule has 0 radical (unpaired) electrons. The van der Waals surface area contributed by atoms with E-state index in [1.54, 1.807) is 31.7 Å². The molecule has 8 nitrogen and oxygen atoms in total. The normalized spacial score (nSPS) is 23.3. The van der Waals surface area contributed by atoms with Gasteiger partial charge in [0.25, 0.3) is 11.8 Å². The molecule has 0 bridgehead atoms. The molecule has 0 spiro atoms. The molecule has 1 saturated carbocycles. The van der Waals surface area contributed by atoms with Gasteiger partial charge in [-0.3, -0.25) is 14.4 Å². The van der Waals surface area contributed by atoms with E-state index in [0.29, 0.717) is 36.9 Å². The minimum Gasteiger partial charge on any atom is -0.351 e. The molecular weight excluding hydrogens is 437 g/mol. The van der Waals surface area contributed by atoms with E-state index in [1.807, 2.05) is 4.90 Å². The zero-order chi connectivity index (χ0) is 24.1. The number of benzene rings is 1. The number of aromatic amines is 1. The van der Waals surface area contributed by atoms with Gasteiger partial charge in [0, 0.05) is 44.4 Å². The van der Waals surface area contributed by atoms with Crippen molar-refractivity contribution in [3.05, 3.63) is 53.9 Å². The van der Waals surface area contributed by atoms with E-state index in [-0.39, 0.29) is 23.7 Å². The highest BCUT2D eigenvalue weighted by Crippen LogP contribution is 2.39. The van der Waals surface area contributed by atoms with Gasteiger partial charge in [-0.2, -0.15) is 0 Å². The fraction of sp³-hybridized carbons (Fsp3) is 0.560. The summed E-state index contributed by atoms with van der Waals surface area (Å²) in [4.78, 5) is 40.6. The maximum atomic E-state index is 13.5. The Balaban J connectivity index is 1.51. The number of H-pyrrole nitrogens is 1. The average Bonchev–Trinajstić information content (AvgIpc) is 3.38. The summed E-state index contributed by atoms with van der Waals surface area (Å²) in [6.45, 7) is 1.18. The summed E-state index contributed by atoms with van der Waals surface area (Å²) in [6.07, 6.45) is 9.41. The van der Waals surface area contributed by atoms with Gasteiger partial charge in [-0.25, -0.2) is 14.4 Å². The Morgan fingerprint density at radius 3 is 2.68 bits per heavy atom. The smallest absolute Gasteiger partial charge is 0.263 e. The van der Waals surface area contributed by atoms with Crippen LogP contribution in [0.25, 0.3) is 0 Å². The third-order valence-electron chi connectivity index (χ3n) is 7.32. The predicted octanol–water partition coefficient (Wildman–Crippen LogP) is 2.79. The minimum absolute atomic E-state index is 0.0563. The summed E-state index contributed by atoms with van der Waals surface area (Å²) >= 11 is 0. The Labute approximate surface area is 199 Å². The van der Waals surface area contributed by atoms with E-state index < -0.39 is 6.04 Å². The molecule has 2 fully saturated rings. The van der Waals surface area contributed by atoms with E-state index in [4.69, 9.17) is 4.84 Å². The Bertz CT molecular complexity index is 952. The van der Waals surface area contributed by atoms with Crippen molar-refractivity contribution in [2.45, 2.75) is 50.6 Å². The van der Waals surface area contributed by atoms with Crippen LogP contribution in [0.5, 0.6) is 0 Å². The maximum Gasteiger partial charge on any atom is 0.263 e. The molecule has 34 heavy (non-hydrogen) atoms. The van der Waals surface area contributed by atoms with Crippen LogP contribution in [0.15, 0.2) is 36.8 Å². The van der Waals surface area contributed by atoms with Crippen molar-refractivity contribution < 1.29 is 18.8 Å². The van der Waals surface area contributed by atoms with Crippen LogP contribution in [0.3, 0.4) is 0 Å². The zero-order valence-corrected chi connectivity index (χ0v) is 19.9. The molecular formula is C25H34FN5O3. The number of nitrogens with one attached hydrogen (secondary N) is 2. The predicted molar refractivity (Wildman–Crippen MR) is 125 cm³/mol. The van der Waals surface area contributed by atoms with E-state index in [9.17, 15) is 14.0 Å². The second-order valence-corrected chi connectivity index (χ2v) is 9.40. The van der Waals surface area contributed by atoms with Gasteiger partial charge in [0.1, 0.15) is 5.82 Å². The number of nitrogens with zero attached hydrogens (tertiary/aromatic N) is 3. The lowest BCUT2D eigenvalue weighted by atomic mass is 9.72. The molecule has 1 aromatic heterocycles. The third-order valence-corrected chi connectivity index (χ3v) is 7.32. The highest BCUT2D eigenvalue weighted by atomic mass is 19.1. The topological polar surface area (TPSA) is 90.6 Å². The van der Waals surface area contributed by atoms with Gasteiger partial charge in [0.15, 0.2) is 0 Å². The standard InChI is InChI=1S/C25H34FN5O3/c1-30(34-2)25(33)23(12-21-13-27-16-29-21)28-14-22-11-18-5-3-4-6-19(18)15-31(22)24(32)17-7-9-20(26)10-8-17/h7-10,13,16,18-19,22-23,28H,3-6,11-12,14-15H2,1-2H3,(H,27,29)/t18-,19-,22+,23+/m1/s1. The first kappa shape index (κ1) is 24.3. The fourth-order valence-electron chi connectivity index (χ4n) is 5.36. The number of fused-ring (bicyclic) bond motifs is 1. The van der Waals surface area contributed by atoms with Crippen LogP contribution < -0.4 is 5.32 Å². The van der Waals surface area contributed by atoms with Gasteiger partial charge >= 0.3 is 0 Å². The molecule has 1 aromatic carbocycles. The molecule has 184 valence electrons. The van der Waals surface area contributed by atoms with Crippen LogP contribution in [0.2, 0.25) is 0 Å². The summed E-state index contributed by atoms with van der Waals surface area (Å²) in [5.41, 5.74) is 1.26. The van der Waals surface area contributed by atoms with Gasteiger partial charge in [-0.05, 0) is 48.9 Å². The third kappa shape index (κ3) is 5.64. The van der Waals surface area contributed by atoms with Crippen molar-refractivity contribution in [2.24, 2.45) is 11.8 Å². The van der Waals surface area contributed by atoms with Crippen LogP contribution in [-0.2, 0) is 16.1 Å². The van der Waals surface area contributed by atoms with E-state index in [2.05, 4.69) is 15.3 Å². The summed E-state index contributed by atoms with van der Waals surface area (Å²) in [7, 11) is 3.04. The minimum atomic E-state index is -0.542. The van der Waals surface area contributed by atoms with Crippen LogP contribution in [0, 0.1) is 17.7 Å². The number of piperidine rings is 1. The first-order valence-electron chi connectivity index (χ1n) is 12.1. The van der Waals surface area contributed by atoms with Crippen molar-refractivity contribution in [3.63, 3.8) is 0 Å². The monoisotopic (exact) mass is 471 g/mol. The van der Waals surface area contributed by atoms with E-state index >= 15 is 0 Å². The van der Waals surface area contributed by atoms with Crippen LogP contribution in [0.4, 0.5) is 4.39 Å². The number of hydrogen-bond acceptors (Lipinski definition) is 5. The fourth-order valence-corrected chi connectivity index (χ4v) is 5.36. The molecule has 9 heteroatoms. The van der Waals surface area contributed by atoms with Crippen LogP contribution in [0.1, 0.15) is 48.2 Å². The molecule has 1 aliphatic carbocycles. The van der Waals surface area contributed by atoms with Crippen molar-refractivity contribution in [2.75, 3.05) is 27.2 Å². The summed E-state index contributed by atoms with van der Waals surface area (Å²) in [5, 5.41) is 4.62. The van der Waals surface area contributed by atoms with E-state index in [1.165, 1.54) is 43.6 Å². The van der Waals surface area contributed by atoms with Crippen LogP contribution in [-0.4, -0.2) is 71.1 Å². The van der Waals surface area contributed by atoms with Gasteiger partial charge in [0.2, 0.25) is 0 Å². The lowest BCUT2D eigenvalue weighted by Gasteiger charge is -2.46. The molecule has 1 saturated heterocycles. The highest BCUT2D eigenvalue weighted by Gasteiger charge is 2.39. The number of aromatic nitrogens is 2. The van der Waals surface area contributed by atoms with Gasteiger partial charge in [-0.1, -0.05) is 19.3 Å². The lowest BCUT2D eigenvalue weighted by molar-refractivity contribution is -0.171. The second-order valence-electron chi connectivity index (χ2n) is 9.40. The number of amides is 2. The molecule has 2 aromatic rings. The van der Waals surface area contributed by atoms with Crippen molar-refractivity contribution in [3.8, 4) is 0 Å². The van der Waals surface area contributed by atoms with Gasteiger partial charge < -0.3 is 15.2 Å². The SMILES string of the molecule is CON(C)C(=O)[C@H](Cc1c[nH]cn1)NC[C@@H]1C[C@H]2CCCC[C@@H]2CN1C(=O)c1ccc(F)cc1. The number of rotatable bonds is 8. The highest BCUT2D eigenvalue weighted by molar-refractivity contribution is 5.94. The van der Waals surface area contributed by atoms with Crippen LogP contribution >= 0.6 is 0 Å². The van der Waals surface area contributed by atoms with Crippen molar-refractivity contribution in [1.82, 2.24) is 25.2 Å². The summed E-state index contributed by atoms with van der Waals surface area (Å²) < 4.78 is 13.4. The molecule has 2 N–H and O–H groups in total. The van der Waals surface area contributed by atoms with Crippen molar-refractivity contribution in [1.29, 1.82) is 0 Å². The second kappa shape index (κ2) is 11.1. The van der Waals surface area contributed by atoms with Gasteiger partial charge in [0.05, 0.1) is 25.2 Å². The summed E-state index contributed by atoms with van der Waals surface area (Å²) in [5.74, 6) is 0.437. The molecule has 2 amide bonds. The Hall–Kier alpha value is -2.78. The molecule has 2 aliphatic rings. The number of likely N-dealkylation sites (N-methyl/N-ethyl adjacent to an activating group) is 1. The number of imidazole rings is 1. The molecule has 2 heterocycles. The number of carbonyl (C=O) groups excluding carboxylic acids is 2. The number of likely N-dealkylation sites (tertiary alicyclic amines) is 1. The largest absolute Gasteiger partial charge is 0.351 e. The molecule has 4 atom stereocenters. The molecule has 1 aliphatic heterocycles. The number of hydroxylamine groups is 2. The Morgan fingerprint density at radius 2 is 2.00 bits per heavy atom.